The summed E-state index contributed by atoms with van der Waals surface area (Å²) < 4.78 is 4.86. The van der Waals surface area contributed by atoms with E-state index in [0.29, 0.717) is 4.47 Å². The van der Waals surface area contributed by atoms with E-state index in [1.54, 1.807) is 0 Å². The van der Waals surface area contributed by atoms with Crippen LogP contribution in [0.4, 0.5) is 5.69 Å². The van der Waals surface area contributed by atoms with Crippen molar-refractivity contribution < 1.29 is 9.32 Å². The number of anilines is 1. The number of carbonyl (C=O) groups is 1. The van der Waals surface area contributed by atoms with Gasteiger partial charge in [-0.1, -0.05) is 5.16 Å². The van der Waals surface area contributed by atoms with Gasteiger partial charge in [-0.25, -0.2) is 0 Å². The topological polar surface area (TPSA) is 88.0 Å². The van der Waals surface area contributed by atoms with Crippen LogP contribution >= 0.6 is 15.9 Å². The van der Waals surface area contributed by atoms with Crippen molar-refractivity contribution in [1.82, 2.24) is 10.1 Å². The quantitative estimate of drug-likeness (QED) is 0.872. The highest BCUT2D eigenvalue weighted by atomic mass is 79.9. The van der Waals surface area contributed by atoms with E-state index in [-0.39, 0.29) is 16.8 Å². The summed E-state index contributed by atoms with van der Waals surface area (Å²) >= 11 is 3.06. The van der Waals surface area contributed by atoms with E-state index in [9.17, 15) is 9.59 Å². The van der Waals surface area contributed by atoms with Crippen LogP contribution in [0, 0.1) is 0 Å². The van der Waals surface area contributed by atoms with Gasteiger partial charge in [0.25, 0.3) is 5.91 Å². The molecule has 0 saturated carbocycles. The lowest BCUT2D eigenvalue weighted by Gasteiger charge is -2.01. The molecule has 0 aromatic carbocycles. The van der Waals surface area contributed by atoms with E-state index in [4.69, 9.17) is 0 Å². The molecular formula is C9H6BrN3O3. The molecule has 1 amide bonds. The summed E-state index contributed by atoms with van der Waals surface area (Å²) in [5.74, 6) is -0.502. The van der Waals surface area contributed by atoms with Crippen LogP contribution in [0.5, 0.6) is 0 Å². The third-order valence-electron chi connectivity index (χ3n) is 1.82. The molecular weight excluding hydrogens is 278 g/mol. The largest absolute Gasteiger partial charge is 0.365 e. The Morgan fingerprint density at radius 1 is 1.50 bits per heavy atom. The van der Waals surface area contributed by atoms with Gasteiger partial charge in [-0.15, -0.1) is 0 Å². The summed E-state index contributed by atoms with van der Waals surface area (Å²) in [7, 11) is 0. The van der Waals surface area contributed by atoms with Gasteiger partial charge in [-0.05, 0) is 15.9 Å². The lowest BCUT2D eigenvalue weighted by molar-refractivity contribution is 0.101. The molecule has 2 aromatic heterocycles. The zero-order valence-electron chi connectivity index (χ0n) is 7.86. The van der Waals surface area contributed by atoms with Gasteiger partial charge in [0.15, 0.2) is 5.69 Å². The number of aromatic nitrogens is 2. The maximum Gasteiger partial charge on any atom is 0.277 e. The zero-order valence-corrected chi connectivity index (χ0v) is 9.45. The van der Waals surface area contributed by atoms with Crippen molar-refractivity contribution in [1.29, 1.82) is 0 Å². The summed E-state index contributed by atoms with van der Waals surface area (Å²) in [5, 5.41) is 5.87. The Bertz CT molecular complexity index is 562. The highest BCUT2D eigenvalue weighted by Gasteiger charge is 2.11. The first-order valence-electron chi connectivity index (χ1n) is 4.27. The first-order chi connectivity index (χ1) is 7.68. The first-order valence-corrected chi connectivity index (χ1v) is 5.06. The number of hydrogen-bond donors (Lipinski definition) is 2. The fourth-order valence-electron chi connectivity index (χ4n) is 1.07. The third-order valence-corrected chi connectivity index (χ3v) is 2.41. The van der Waals surface area contributed by atoms with E-state index in [1.165, 1.54) is 24.7 Å². The molecule has 0 fully saturated rings. The van der Waals surface area contributed by atoms with Crippen LogP contribution in [0.15, 0.2) is 38.5 Å². The zero-order chi connectivity index (χ0) is 11.5. The van der Waals surface area contributed by atoms with Crippen LogP contribution < -0.4 is 10.7 Å². The van der Waals surface area contributed by atoms with Crippen LogP contribution in [0.25, 0.3) is 0 Å². The molecule has 7 heteroatoms. The maximum absolute atomic E-state index is 11.5. The lowest BCUT2D eigenvalue weighted by Crippen LogP contribution is -2.19. The summed E-state index contributed by atoms with van der Waals surface area (Å²) in [6.45, 7) is 0. The number of nitrogens with zero attached hydrogens (tertiary/aromatic N) is 1. The number of rotatable bonds is 2. The van der Waals surface area contributed by atoms with Crippen LogP contribution in [-0.4, -0.2) is 16.0 Å². The van der Waals surface area contributed by atoms with Crippen molar-refractivity contribution >= 4 is 27.5 Å². The SMILES string of the molecule is O=C(Nc1c[nH]cc(Br)c1=O)c1ccon1. The molecule has 2 rings (SSSR count). The van der Waals surface area contributed by atoms with Gasteiger partial charge in [-0.3, -0.25) is 9.59 Å². The summed E-state index contributed by atoms with van der Waals surface area (Å²) in [5.41, 5.74) is -0.0580. The fourth-order valence-corrected chi connectivity index (χ4v) is 1.41. The average Bonchev–Trinajstić information content (AvgIpc) is 2.78. The monoisotopic (exact) mass is 283 g/mol. The summed E-state index contributed by atoms with van der Waals surface area (Å²) in [6, 6.07) is 1.40. The lowest BCUT2D eigenvalue weighted by atomic mass is 10.3. The smallest absolute Gasteiger partial charge is 0.277 e. The fraction of sp³-hybridized carbons (Fsp3) is 0. The Hall–Kier alpha value is -1.89. The molecule has 6 nitrogen and oxygen atoms in total. The molecule has 2 N–H and O–H groups in total. The number of carbonyl (C=O) groups excluding carboxylic acids is 1. The molecule has 0 bridgehead atoms. The molecule has 0 radical (unpaired) electrons. The van der Waals surface area contributed by atoms with Gasteiger partial charge in [0.1, 0.15) is 12.0 Å². The van der Waals surface area contributed by atoms with Crippen molar-refractivity contribution in [3.05, 3.63) is 45.1 Å². The van der Waals surface area contributed by atoms with Crippen LogP contribution in [-0.2, 0) is 0 Å². The molecule has 2 heterocycles. The van der Waals surface area contributed by atoms with Crippen molar-refractivity contribution in [2.75, 3.05) is 5.32 Å². The average molecular weight is 284 g/mol. The van der Waals surface area contributed by atoms with Gasteiger partial charge >= 0.3 is 0 Å². The van der Waals surface area contributed by atoms with Crippen LogP contribution in [0.3, 0.4) is 0 Å². The van der Waals surface area contributed by atoms with E-state index >= 15 is 0 Å². The van der Waals surface area contributed by atoms with Gasteiger partial charge in [0, 0.05) is 18.5 Å². The molecule has 2 aromatic rings. The molecule has 0 aliphatic heterocycles. The Labute approximate surface area is 97.8 Å². The van der Waals surface area contributed by atoms with E-state index in [1.807, 2.05) is 0 Å². The summed E-state index contributed by atoms with van der Waals surface area (Å²) in [4.78, 5) is 25.8. The predicted molar refractivity (Wildman–Crippen MR) is 59.2 cm³/mol. The first kappa shape index (κ1) is 10.6. The number of aromatic amines is 1. The van der Waals surface area contributed by atoms with Crippen molar-refractivity contribution in [2.45, 2.75) is 0 Å². The van der Waals surface area contributed by atoms with Gasteiger partial charge in [-0.2, -0.15) is 0 Å². The molecule has 0 atom stereocenters. The number of nitrogens with one attached hydrogen (secondary N) is 2. The number of halogens is 1. The number of H-pyrrole nitrogens is 1. The highest BCUT2D eigenvalue weighted by Crippen LogP contribution is 2.06. The molecule has 0 unspecified atom stereocenters. The number of amides is 1. The molecule has 0 aliphatic carbocycles. The van der Waals surface area contributed by atoms with Gasteiger partial charge in [0.2, 0.25) is 5.43 Å². The van der Waals surface area contributed by atoms with Crippen LogP contribution in [0.2, 0.25) is 0 Å². The Balaban J connectivity index is 2.25. The minimum Gasteiger partial charge on any atom is -0.365 e. The molecule has 16 heavy (non-hydrogen) atoms. The van der Waals surface area contributed by atoms with E-state index < -0.39 is 5.91 Å². The second kappa shape index (κ2) is 4.31. The minimum absolute atomic E-state index is 0.111. The van der Waals surface area contributed by atoms with Crippen molar-refractivity contribution in [3.8, 4) is 0 Å². The second-order valence-corrected chi connectivity index (χ2v) is 3.74. The molecule has 0 aliphatic rings. The highest BCUT2D eigenvalue weighted by molar-refractivity contribution is 9.10. The van der Waals surface area contributed by atoms with Crippen molar-refractivity contribution in [2.24, 2.45) is 0 Å². The summed E-state index contributed by atoms with van der Waals surface area (Å²) in [6.07, 6.45) is 4.15. The molecule has 0 spiro atoms. The molecule has 0 saturated heterocycles. The predicted octanol–water partition coefficient (Wildman–Crippen LogP) is 1.38. The van der Waals surface area contributed by atoms with E-state index in [0.717, 1.165) is 0 Å². The third kappa shape index (κ3) is 2.03. The van der Waals surface area contributed by atoms with E-state index in [2.05, 4.69) is 35.9 Å². The number of hydrogen-bond acceptors (Lipinski definition) is 4. The minimum atomic E-state index is -0.502. The van der Waals surface area contributed by atoms with Gasteiger partial charge in [0.05, 0.1) is 4.47 Å². The number of pyridine rings is 1. The van der Waals surface area contributed by atoms with Crippen LogP contribution in [0.1, 0.15) is 10.5 Å². The maximum atomic E-state index is 11.5. The molecule has 82 valence electrons. The van der Waals surface area contributed by atoms with Crippen molar-refractivity contribution in [3.63, 3.8) is 0 Å². The Kier molecular flexibility index (Phi) is 2.86. The van der Waals surface area contributed by atoms with Gasteiger partial charge < -0.3 is 14.8 Å². The Morgan fingerprint density at radius 2 is 2.31 bits per heavy atom. The Morgan fingerprint density at radius 3 is 3.00 bits per heavy atom. The second-order valence-electron chi connectivity index (χ2n) is 2.88. The standard InChI is InChI=1S/C9H6BrN3O3/c10-5-3-11-4-7(8(5)14)12-9(15)6-1-2-16-13-6/h1-4H,(H,11,14)(H,12,15). The normalized spacial score (nSPS) is 10.1.